The van der Waals surface area contributed by atoms with Crippen molar-refractivity contribution < 1.29 is 52.2 Å². The molecular formula is C34H34O11. The van der Waals surface area contributed by atoms with Gasteiger partial charge in [-0.25, -0.2) is 0 Å². The van der Waals surface area contributed by atoms with Crippen LogP contribution >= 0.6 is 0 Å². The van der Waals surface area contributed by atoms with Crippen LogP contribution < -0.4 is 23.7 Å². The second-order valence-electron chi connectivity index (χ2n) is 11.7. The first-order valence-electron chi connectivity index (χ1n) is 14.7. The number of fused-ring (bicyclic) bond motifs is 4. The number of carbonyl (C=O) groups is 1. The van der Waals surface area contributed by atoms with Gasteiger partial charge < -0.3 is 47.4 Å². The summed E-state index contributed by atoms with van der Waals surface area (Å²) in [7, 11) is 4.70. The van der Waals surface area contributed by atoms with Crippen molar-refractivity contribution in [3.63, 3.8) is 0 Å². The molecule has 0 bridgehead atoms. The summed E-state index contributed by atoms with van der Waals surface area (Å²) in [4.78, 5) is 13.7. The van der Waals surface area contributed by atoms with E-state index in [1.165, 1.54) is 0 Å². The summed E-state index contributed by atoms with van der Waals surface area (Å²) >= 11 is 0. The van der Waals surface area contributed by atoms with Crippen molar-refractivity contribution in [2.75, 3.05) is 34.7 Å². The van der Waals surface area contributed by atoms with Gasteiger partial charge in [-0.05, 0) is 55.5 Å². The van der Waals surface area contributed by atoms with E-state index >= 15 is 0 Å². The molecular weight excluding hydrogens is 584 g/mol. The van der Waals surface area contributed by atoms with E-state index in [2.05, 4.69) is 6.11 Å². The molecule has 11 nitrogen and oxygen atoms in total. The van der Waals surface area contributed by atoms with Crippen LogP contribution in [0.5, 0.6) is 28.7 Å². The zero-order valence-electron chi connectivity index (χ0n) is 25.7. The maximum atomic E-state index is 13.7. The molecule has 0 N–H and O–H groups in total. The molecule has 2 fully saturated rings. The molecule has 3 heterocycles. The van der Waals surface area contributed by atoms with Crippen molar-refractivity contribution in [3.8, 4) is 52.4 Å². The smallest absolute Gasteiger partial charge is 0.231 e. The van der Waals surface area contributed by atoms with Crippen LogP contribution in [0.2, 0.25) is 0 Å². The summed E-state index contributed by atoms with van der Waals surface area (Å²) in [6, 6.07) is 9.37. The van der Waals surface area contributed by atoms with Crippen molar-refractivity contribution in [1.29, 1.82) is 0 Å². The Morgan fingerprint density at radius 2 is 1.67 bits per heavy atom. The molecule has 7 rings (SSSR count). The molecule has 0 radical (unpaired) electrons. The van der Waals surface area contributed by atoms with Crippen molar-refractivity contribution in [1.82, 2.24) is 0 Å². The molecule has 45 heavy (non-hydrogen) atoms. The summed E-state index contributed by atoms with van der Waals surface area (Å²) in [6.45, 7) is 3.84. The minimum Gasteiger partial charge on any atom is -0.493 e. The number of terminal acetylenes is 1. The lowest BCUT2D eigenvalue weighted by Crippen LogP contribution is -2.59. The Balaban J connectivity index is 1.41. The van der Waals surface area contributed by atoms with Gasteiger partial charge in [0.15, 0.2) is 34.6 Å². The van der Waals surface area contributed by atoms with E-state index < -0.39 is 36.5 Å². The van der Waals surface area contributed by atoms with Gasteiger partial charge in [0.25, 0.3) is 0 Å². The van der Waals surface area contributed by atoms with E-state index in [-0.39, 0.29) is 19.2 Å². The van der Waals surface area contributed by atoms with Gasteiger partial charge in [-0.15, -0.1) is 0 Å². The molecule has 0 aromatic heterocycles. The molecule has 0 saturated carbocycles. The highest BCUT2D eigenvalue weighted by Crippen LogP contribution is 2.50. The van der Waals surface area contributed by atoms with E-state index in [1.807, 2.05) is 44.2 Å². The molecule has 236 valence electrons. The molecule has 4 aliphatic rings. The van der Waals surface area contributed by atoms with Crippen LogP contribution in [-0.2, 0) is 30.1 Å². The van der Waals surface area contributed by atoms with Gasteiger partial charge in [0.05, 0.1) is 14.2 Å². The molecule has 0 spiro atoms. The summed E-state index contributed by atoms with van der Waals surface area (Å²) < 4.78 is 59.6. The van der Waals surface area contributed by atoms with Crippen molar-refractivity contribution >= 4 is 16.6 Å². The maximum Gasteiger partial charge on any atom is 0.231 e. The van der Waals surface area contributed by atoms with E-state index in [9.17, 15) is 4.79 Å². The summed E-state index contributed by atoms with van der Waals surface area (Å²) in [5.41, 5.74) is 2.87. The lowest BCUT2D eigenvalue weighted by molar-refractivity contribution is -0.259. The average molecular weight is 619 g/mol. The number of benzene rings is 3. The topological polar surface area (TPSA) is 109 Å². The normalized spacial score (nSPS) is 25.9. The maximum absolute atomic E-state index is 13.7. The van der Waals surface area contributed by atoms with Crippen molar-refractivity contribution in [3.05, 3.63) is 41.5 Å². The van der Waals surface area contributed by atoms with Gasteiger partial charge in [0, 0.05) is 35.6 Å². The van der Waals surface area contributed by atoms with Crippen LogP contribution in [0.25, 0.3) is 21.9 Å². The molecule has 5 atom stereocenters. The number of hydrogen-bond donors (Lipinski definition) is 0. The third-order valence-electron chi connectivity index (χ3n) is 8.67. The van der Waals surface area contributed by atoms with Gasteiger partial charge in [0.2, 0.25) is 13.1 Å². The van der Waals surface area contributed by atoms with Crippen LogP contribution in [0, 0.1) is 12.5 Å². The summed E-state index contributed by atoms with van der Waals surface area (Å²) in [6.07, 6.45) is 5.07. The fourth-order valence-corrected chi connectivity index (χ4v) is 6.79. The standard InChI is InChI=1S/C34H34O11/c1-7-39-15-26-30-31(45-34(2,3)44-30)32(38-6)33(42-26)43-29-18-9-10-21(35)28(18)27(17-8-11-22-25(12-17)41-16-40-22)19-13-23(36-4)24(37-5)14-20(19)29/h1,8,11-14,26,30-33H,9-10,15-16H2,2-6H3. The highest BCUT2D eigenvalue weighted by molar-refractivity contribution is 6.16. The minimum absolute atomic E-state index is 0.00157. The number of Topliss-reactive ketones (excluding diaryl/α,β-unsaturated/α-hetero) is 1. The van der Waals surface area contributed by atoms with Crippen LogP contribution in [0.1, 0.15) is 36.2 Å². The van der Waals surface area contributed by atoms with Gasteiger partial charge >= 0.3 is 0 Å². The molecule has 0 amide bonds. The SMILES string of the molecule is C#COCC1OC(Oc2c3c(c(-c4ccc5c(c4)OCO5)c4cc(OC)c(OC)cc24)C(=O)CC3)C(OC)C2OC(C)(C)OC12. The lowest BCUT2D eigenvalue weighted by Gasteiger charge is -2.41. The fraction of sp³-hybridized carbons (Fsp3) is 0.441. The Morgan fingerprint density at radius 3 is 2.40 bits per heavy atom. The Kier molecular flexibility index (Phi) is 7.41. The first-order valence-corrected chi connectivity index (χ1v) is 14.7. The monoisotopic (exact) mass is 618 g/mol. The van der Waals surface area contributed by atoms with Crippen LogP contribution in [0.15, 0.2) is 30.3 Å². The van der Waals surface area contributed by atoms with Gasteiger partial charge in [-0.2, -0.15) is 0 Å². The predicted molar refractivity (Wildman–Crippen MR) is 160 cm³/mol. The zero-order valence-corrected chi connectivity index (χ0v) is 25.7. The number of ketones is 1. The summed E-state index contributed by atoms with van der Waals surface area (Å²) in [5.74, 6) is 1.84. The van der Waals surface area contributed by atoms with E-state index in [0.717, 1.165) is 22.1 Å². The fourth-order valence-electron chi connectivity index (χ4n) is 6.79. The predicted octanol–water partition coefficient (Wildman–Crippen LogP) is 4.63. The molecule has 3 aliphatic heterocycles. The molecule has 1 aliphatic carbocycles. The third kappa shape index (κ3) is 4.89. The highest BCUT2D eigenvalue weighted by atomic mass is 16.8. The zero-order chi connectivity index (χ0) is 31.5. The number of ether oxygens (including phenoxy) is 10. The highest BCUT2D eigenvalue weighted by Gasteiger charge is 2.57. The van der Waals surface area contributed by atoms with E-state index in [4.69, 9.17) is 53.8 Å². The minimum atomic E-state index is -0.965. The Bertz CT molecular complexity index is 1710. The Morgan fingerprint density at radius 1 is 0.933 bits per heavy atom. The third-order valence-corrected chi connectivity index (χ3v) is 8.67. The van der Waals surface area contributed by atoms with Crippen molar-refractivity contribution in [2.24, 2.45) is 0 Å². The number of hydrogen-bond acceptors (Lipinski definition) is 11. The van der Waals surface area contributed by atoms with Crippen LogP contribution in [0.3, 0.4) is 0 Å². The number of methoxy groups -OCH3 is 3. The van der Waals surface area contributed by atoms with Crippen molar-refractivity contribution in [2.45, 2.75) is 63.2 Å². The van der Waals surface area contributed by atoms with Gasteiger partial charge in [0.1, 0.15) is 42.9 Å². The van der Waals surface area contributed by atoms with Crippen LogP contribution in [0.4, 0.5) is 0 Å². The molecule has 2 saturated heterocycles. The lowest BCUT2D eigenvalue weighted by atomic mass is 9.89. The molecule has 3 aromatic carbocycles. The molecule has 5 unspecified atom stereocenters. The average Bonchev–Trinajstić information content (AvgIpc) is 3.75. The second-order valence-corrected chi connectivity index (χ2v) is 11.7. The van der Waals surface area contributed by atoms with Gasteiger partial charge in [-0.1, -0.05) is 12.5 Å². The molecule has 11 heteroatoms. The Labute approximate surface area is 260 Å². The van der Waals surface area contributed by atoms with E-state index in [0.29, 0.717) is 52.5 Å². The van der Waals surface area contributed by atoms with Crippen LogP contribution in [-0.4, -0.2) is 77.0 Å². The van der Waals surface area contributed by atoms with E-state index in [1.54, 1.807) is 21.3 Å². The summed E-state index contributed by atoms with van der Waals surface area (Å²) in [5, 5.41) is 1.43. The van der Waals surface area contributed by atoms with Gasteiger partial charge in [-0.3, -0.25) is 4.79 Å². The molecule has 3 aromatic rings. The first kappa shape index (κ1) is 29.5. The Hall–Kier alpha value is -4.21. The first-order chi connectivity index (χ1) is 21.8. The largest absolute Gasteiger partial charge is 0.493 e. The second kappa shape index (κ2) is 11.3. The number of rotatable bonds is 8. The number of carbonyl (C=O) groups excluding carboxylic acids is 1. The quantitative estimate of drug-likeness (QED) is 0.330.